The Kier molecular flexibility index (Phi) is 3.82. The maximum atomic E-state index is 11.4. The highest BCUT2D eigenvalue weighted by Crippen LogP contribution is 2.52. The summed E-state index contributed by atoms with van der Waals surface area (Å²) in [5.74, 6) is 0.209. The molecular formula is C12H20O4. The molecule has 0 aromatic carbocycles. The maximum Gasteiger partial charge on any atom is 0.311 e. The van der Waals surface area contributed by atoms with Crippen molar-refractivity contribution in [2.75, 3.05) is 13.2 Å². The fourth-order valence-corrected chi connectivity index (χ4v) is 2.28. The summed E-state index contributed by atoms with van der Waals surface area (Å²) in [6.07, 6.45) is 3.01. The van der Waals surface area contributed by atoms with Gasteiger partial charge in [-0.25, -0.2) is 0 Å². The van der Waals surface area contributed by atoms with Gasteiger partial charge in [-0.1, -0.05) is 13.3 Å². The number of fused-ring (bicyclic) bond motifs is 1. The molecule has 2 rings (SSSR count). The van der Waals surface area contributed by atoms with E-state index in [9.17, 15) is 4.79 Å². The molecule has 1 heterocycles. The lowest BCUT2D eigenvalue weighted by atomic mass is 10.2. The fraction of sp³-hybridized carbons (Fsp3) is 0.917. The van der Waals surface area contributed by atoms with Crippen LogP contribution in [-0.2, 0) is 19.0 Å². The van der Waals surface area contributed by atoms with Gasteiger partial charge in [0, 0.05) is 18.9 Å². The number of hydrogen-bond acceptors (Lipinski definition) is 4. The zero-order valence-electron chi connectivity index (χ0n) is 9.98. The molecule has 4 nitrogen and oxygen atoms in total. The van der Waals surface area contributed by atoms with Gasteiger partial charge in [-0.05, 0) is 13.3 Å². The van der Waals surface area contributed by atoms with Crippen molar-refractivity contribution in [3.05, 3.63) is 0 Å². The van der Waals surface area contributed by atoms with Gasteiger partial charge in [-0.15, -0.1) is 0 Å². The van der Waals surface area contributed by atoms with Crippen LogP contribution in [0.3, 0.4) is 0 Å². The molecule has 1 aliphatic carbocycles. The van der Waals surface area contributed by atoms with E-state index in [1.54, 1.807) is 0 Å². The summed E-state index contributed by atoms with van der Waals surface area (Å²) < 4.78 is 16.2. The van der Waals surface area contributed by atoms with Gasteiger partial charge in [0.05, 0.1) is 18.6 Å². The topological polar surface area (TPSA) is 44.8 Å². The number of ether oxygens (including phenoxy) is 3. The minimum absolute atomic E-state index is 0.0222. The maximum absolute atomic E-state index is 11.4. The highest BCUT2D eigenvalue weighted by Gasteiger charge is 2.62. The third kappa shape index (κ3) is 2.38. The second-order valence-corrected chi connectivity index (χ2v) is 4.43. The molecule has 2 aliphatic rings. The predicted octanol–water partition coefficient (Wildman–Crippen LogP) is 1.73. The average molecular weight is 228 g/mol. The second kappa shape index (κ2) is 5.15. The van der Waals surface area contributed by atoms with E-state index in [-0.39, 0.29) is 24.3 Å². The van der Waals surface area contributed by atoms with Crippen LogP contribution in [0.15, 0.2) is 0 Å². The van der Waals surface area contributed by atoms with Crippen LogP contribution in [0.1, 0.15) is 33.1 Å². The Morgan fingerprint density at radius 2 is 2.25 bits per heavy atom. The molecule has 92 valence electrons. The first-order valence-electron chi connectivity index (χ1n) is 6.21. The molecule has 1 unspecified atom stereocenters. The van der Waals surface area contributed by atoms with Gasteiger partial charge in [0.15, 0.2) is 6.29 Å². The standard InChI is InChI=1S/C12H20O4/c1-3-5-6-15-9-7-8-10(11(8)16-9)12(13)14-4-2/h8-11H,3-7H2,1-2H3/t8-,9-,10?,11-/m0/s1. The summed E-state index contributed by atoms with van der Waals surface area (Å²) in [5.41, 5.74) is 0. The van der Waals surface area contributed by atoms with E-state index < -0.39 is 0 Å². The fourth-order valence-electron chi connectivity index (χ4n) is 2.28. The Labute approximate surface area is 96.2 Å². The lowest BCUT2D eigenvalue weighted by Crippen LogP contribution is -2.20. The van der Waals surface area contributed by atoms with E-state index in [4.69, 9.17) is 14.2 Å². The number of hydrogen-bond donors (Lipinski definition) is 0. The van der Waals surface area contributed by atoms with E-state index in [1.165, 1.54) is 0 Å². The third-order valence-electron chi connectivity index (χ3n) is 3.23. The summed E-state index contributed by atoms with van der Waals surface area (Å²) in [5, 5.41) is 0. The molecular weight excluding hydrogens is 208 g/mol. The molecule has 0 aromatic heterocycles. The Morgan fingerprint density at radius 3 is 2.81 bits per heavy atom. The number of carbonyl (C=O) groups is 1. The molecule has 1 aliphatic heterocycles. The van der Waals surface area contributed by atoms with Crippen molar-refractivity contribution in [1.82, 2.24) is 0 Å². The van der Waals surface area contributed by atoms with E-state index >= 15 is 0 Å². The van der Waals surface area contributed by atoms with E-state index in [1.807, 2.05) is 6.92 Å². The van der Waals surface area contributed by atoms with Crippen molar-refractivity contribution in [2.24, 2.45) is 11.8 Å². The summed E-state index contributed by atoms with van der Waals surface area (Å²) in [6, 6.07) is 0. The minimum atomic E-state index is -0.107. The average Bonchev–Trinajstić information content (AvgIpc) is 2.77. The normalized spacial score (nSPS) is 35.9. The van der Waals surface area contributed by atoms with Crippen LogP contribution in [0.5, 0.6) is 0 Å². The smallest absolute Gasteiger partial charge is 0.311 e. The van der Waals surface area contributed by atoms with Gasteiger partial charge in [0.2, 0.25) is 0 Å². The summed E-state index contributed by atoms with van der Waals surface area (Å²) in [6.45, 7) is 5.16. The van der Waals surface area contributed by atoms with Crippen molar-refractivity contribution in [3.63, 3.8) is 0 Å². The Balaban J connectivity index is 1.65. The summed E-state index contributed by atoms with van der Waals surface area (Å²) in [7, 11) is 0. The van der Waals surface area contributed by atoms with Crippen LogP contribution >= 0.6 is 0 Å². The van der Waals surface area contributed by atoms with Crippen LogP contribution in [-0.4, -0.2) is 31.6 Å². The first kappa shape index (κ1) is 11.9. The SMILES string of the molecule is CCCCO[C@@H]1C[C@H]2C(C(=O)OCC)[C@H]2O1. The molecule has 0 radical (unpaired) electrons. The van der Waals surface area contributed by atoms with Crippen molar-refractivity contribution in [2.45, 2.75) is 45.5 Å². The predicted molar refractivity (Wildman–Crippen MR) is 57.8 cm³/mol. The molecule has 0 spiro atoms. The largest absolute Gasteiger partial charge is 0.466 e. The Bertz CT molecular complexity index is 241. The molecule has 1 saturated carbocycles. The van der Waals surface area contributed by atoms with Gasteiger partial charge in [0.25, 0.3) is 0 Å². The second-order valence-electron chi connectivity index (χ2n) is 4.43. The van der Waals surface area contributed by atoms with Crippen LogP contribution in [0.2, 0.25) is 0 Å². The first-order chi connectivity index (χ1) is 7.77. The van der Waals surface area contributed by atoms with Gasteiger partial charge < -0.3 is 14.2 Å². The van der Waals surface area contributed by atoms with Gasteiger partial charge in [-0.3, -0.25) is 4.79 Å². The molecule has 0 bridgehead atoms. The molecule has 0 N–H and O–H groups in total. The lowest BCUT2D eigenvalue weighted by molar-refractivity contribution is -0.156. The summed E-state index contributed by atoms with van der Waals surface area (Å²) in [4.78, 5) is 11.4. The van der Waals surface area contributed by atoms with Gasteiger partial charge in [0.1, 0.15) is 0 Å². The molecule has 4 heteroatoms. The van der Waals surface area contributed by atoms with Crippen LogP contribution in [0.4, 0.5) is 0 Å². The van der Waals surface area contributed by atoms with Crippen molar-refractivity contribution in [3.8, 4) is 0 Å². The Hall–Kier alpha value is -0.610. The monoisotopic (exact) mass is 228 g/mol. The minimum Gasteiger partial charge on any atom is -0.466 e. The van der Waals surface area contributed by atoms with Crippen LogP contribution in [0.25, 0.3) is 0 Å². The molecule has 4 atom stereocenters. The molecule has 0 aromatic rings. The number of rotatable bonds is 6. The van der Waals surface area contributed by atoms with Crippen molar-refractivity contribution < 1.29 is 19.0 Å². The quantitative estimate of drug-likeness (QED) is 0.513. The van der Waals surface area contributed by atoms with Crippen LogP contribution in [0, 0.1) is 11.8 Å². The third-order valence-corrected chi connectivity index (χ3v) is 3.23. The van der Waals surface area contributed by atoms with Gasteiger partial charge in [-0.2, -0.15) is 0 Å². The number of unbranched alkanes of at least 4 members (excludes halogenated alkanes) is 1. The van der Waals surface area contributed by atoms with Crippen molar-refractivity contribution in [1.29, 1.82) is 0 Å². The Morgan fingerprint density at radius 1 is 1.44 bits per heavy atom. The van der Waals surface area contributed by atoms with Crippen molar-refractivity contribution >= 4 is 5.97 Å². The molecule has 1 saturated heterocycles. The molecule has 16 heavy (non-hydrogen) atoms. The number of esters is 1. The van der Waals surface area contributed by atoms with E-state index in [2.05, 4.69) is 6.92 Å². The van der Waals surface area contributed by atoms with Gasteiger partial charge >= 0.3 is 5.97 Å². The summed E-state index contributed by atoms with van der Waals surface area (Å²) >= 11 is 0. The van der Waals surface area contributed by atoms with E-state index in [0.717, 1.165) is 25.9 Å². The van der Waals surface area contributed by atoms with E-state index in [0.29, 0.717) is 12.5 Å². The zero-order chi connectivity index (χ0) is 11.5. The number of carbonyl (C=O) groups excluding carboxylic acids is 1. The lowest BCUT2D eigenvalue weighted by Gasteiger charge is -2.14. The molecule has 0 amide bonds. The first-order valence-corrected chi connectivity index (χ1v) is 6.21. The van der Waals surface area contributed by atoms with Crippen LogP contribution < -0.4 is 0 Å². The highest BCUT2D eigenvalue weighted by molar-refractivity contribution is 5.77. The molecule has 2 fully saturated rings. The zero-order valence-corrected chi connectivity index (χ0v) is 9.98. The highest BCUT2D eigenvalue weighted by atomic mass is 16.7.